The van der Waals surface area contributed by atoms with Gasteiger partial charge >= 0.3 is 0 Å². The second-order valence-corrected chi connectivity index (χ2v) is 5.22. The van der Waals surface area contributed by atoms with Crippen LogP contribution in [0.1, 0.15) is 44.1 Å². The molecule has 2 rings (SSSR count). The molecule has 1 unspecified atom stereocenters. The van der Waals surface area contributed by atoms with Crippen molar-refractivity contribution in [2.45, 2.75) is 38.5 Å². The second kappa shape index (κ2) is 6.57. The molecule has 1 atom stereocenters. The van der Waals surface area contributed by atoms with Crippen LogP contribution in [-0.2, 0) is 9.59 Å². The highest BCUT2D eigenvalue weighted by Crippen LogP contribution is 2.35. The van der Waals surface area contributed by atoms with Crippen molar-refractivity contribution in [3.63, 3.8) is 0 Å². The van der Waals surface area contributed by atoms with Gasteiger partial charge in [0.25, 0.3) is 0 Å². The summed E-state index contributed by atoms with van der Waals surface area (Å²) in [4.78, 5) is 24.0. The smallest absolute Gasteiger partial charge is 0.169 e. The fraction of sp³-hybridized carbons (Fsp3) is 0.412. The van der Waals surface area contributed by atoms with Crippen molar-refractivity contribution in [3.05, 3.63) is 41.2 Å². The molecule has 4 nitrogen and oxygen atoms in total. The Morgan fingerprint density at radius 1 is 1.33 bits per heavy atom. The van der Waals surface area contributed by atoms with Crippen molar-refractivity contribution in [3.8, 4) is 5.75 Å². The first kappa shape index (κ1) is 15.3. The third-order valence-corrected chi connectivity index (χ3v) is 3.80. The maximum Gasteiger partial charge on any atom is 0.169 e. The Kier molecular flexibility index (Phi) is 4.78. The Morgan fingerprint density at radius 3 is 2.57 bits per heavy atom. The van der Waals surface area contributed by atoms with E-state index in [0.29, 0.717) is 25.7 Å². The van der Waals surface area contributed by atoms with Crippen LogP contribution in [0.3, 0.4) is 0 Å². The molecule has 1 aromatic rings. The summed E-state index contributed by atoms with van der Waals surface area (Å²) in [5.74, 6) is -0.121. The number of methoxy groups -OCH3 is 1. The van der Waals surface area contributed by atoms with Crippen molar-refractivity contribution in [2.24, 2.45) is 0 Å². The topological polar surface area (TPSA) is 63.6 Å². The van der Waals surface area contributed by atoms with Crippen LogP contribution in [0.5, 0.6) is 5.75 Å². The van der Waals surface area contributed by atoms with Crippen molar-refractivity contribution >= 4 is 11.6 Å². The first-order chi connectivity index (χ1) is 10.1. The maximum absolute atomic E-state index is 12.0. The van der Waals surface area contributed by atoms with E-state index in [1.54, 1.807) is 7.11 Å². The van der Waals surface area contributed by atoms with Crippen LogP contribution in [0.15, 0.2) is 35.6 Å². The molecular formula is C17H20O4. The number of aliphatic hydroxyl groups excluding tert-OH is 1. The Morgan fingerprint density at radius 2 is 2.00 bits per heavy atom. The van der Waals surface area contributed by atoms with Crippen molar-refractivity contribution in [2.75, 3.05) is 7.11 Å². The van der Waals surface area contributed by atoms with Crippen LogP contribution in [0.25, 0.3) is 0 Å². The molecule has 0 bridgehead atoms. The average molecular weight is 288 g/mol. The molecule has 0 heterocycles. The van der Waals surface area contributed by atoms with E-state index in [0.717, 1.165) is 11.3 Å². The number of Topliss-reactive ketones (excluding diaryl/α,β-unsaturated/α-hetero) is 2. The molecule has 0 fully saturated rings. The summed E-state index contributed by atoms with van der Waals surface area (Å²) in [5.41, 5.74) is 0.895. The normalized spacial score (nSPS) is 18.8. The Bertz CT molecular complexity index is 569. The zero-order valence-corrected chi connectivity index (χ0v) is 12.4. The van der Waals surface area contributed by atoms with Crippen LogP contribution in [0.2, 0.25) is 0 Å². The van der Waals surface area contributed by atoms with Crippen molar-refractivity contribution < 1.29 is 19.4 Å². The molecule has 0 saturated carbocycles. The molecule has 1 aliphatic rings. The largest absolute Gasteiger partial charge is 0.511 e. The minimum Gasteiger partial charge on any atom is -0.511 e. The third-order valence-electron chi connectivity index (χ3n) is 3.80. The fourth-order valence-electron chi connectivity index (χ4n) is 2.67. The molecule has 1 N–H and O–H groups in total. The number of hydrogen-bond acceptors (Lipinski definition) is 4. The number of aliphatic hydroxyl groups is 1. The lowest BCUT2D eigenvalue weighted by molar-refractivity contribution is -0.122. The highest BCUT2D eigenvalue weighted by atomic mass is 16.5. The standard InChI is InChI=1S/C17H20O4/c1-3-4-14(18)16-15(19)10-9-13(17(16)20)11-5-7-12(21-2)8-6-11/h5-8,13,20H,3-4,9-10H2,1-2H3. The minimum absolute atomic E-state index is 0.00363. The van der Waals surface area contributed by atoms with Gasteiger partial charge in [0.2, 0.25) is 0 Å². The quantitative estimate of drug-likeness (QED) is 0.844. The summed E-state index contributed by atoms with van der Waals surface area (Å²) in [5, 5.41) is 10.4. The Balaban J connectivity index is 2.35. The number of rotatable bonds is 5. The van der Waals surface area contributed by atoms with Gasteiger partial charge in [0.1, 0.15) is 11.5 Å². The van der Waals surface area contributed by atoms with Gasteiger partial charge in [-0.2, -0.15) is 0 Å². The molecule has 1 aliphatic carbocycles. The number of benzene rings is 1. The summed E-state index contributed by atoms with van der Waals surface area (Å²) in [7, 11) is 1.59. The predicted octanol–water partition coefficient (Wildman–Crippen LogP) is 3.32. The zero-order valence-electron chi connectivity index (χ0n) is 12.4. The molecule has 0 saturated heterocycles. The molecule has 0 aliphatic heterocycles. The number of carbonyl (C=O) groups excluding carboxylic acids is 2. The van der Waals surface area contributed by atoms with Crippen molar-refractivity contribution in [1.82, 2.24) is 0 Å². The minimum atomic E-state index is -0.288. The summed E-state index contributed by atoms with van der Waals surface area (Å²) < 4.78 is 5.11. The molecule has 0 amide bonds. The monoisotopic (exact) mass is 288 g/mol. The van der Waals surface area contributed by atoms with Crippen LogP contribution in [-0.4, -0.2) is 23.8 Å². The van der Waals surface area contributed by atoms with Gasteiger partial charge in [-0.15, -0.1) is 0 Å². The number of carbonyl (C=O) groups is 2. The van der Waals surface area contributed by atoms with Crippen LogP contribution < -0.4 is 4.74 Å². The van der Waals surface area contributed by atoms with Gasteiger partial charge in [0.15, 0.2) is 11.6 Å². The van der Waals surface area contributed by atoms with Gasteiger partial charge in [0.05, 0.1) is 12.7 Å². The molecule has 112 valence electrons. The van der Waals surface area contributed by atoms with E-state index < -0.39 is 0 Å². The SMILES string of the molecule is CCCC(=O)C1=C(O)C(c2ccc(OC)cc2)CCC1=O. The van der Waals surface area contributed by atoms with E-state index in [4.69, 9.17) is 4.74 Å². The Labute approximate surface area is 124 Å². The summed E-state index contributed by atoms with van der Waals surface area (Å²) in [6.45, 7) is 1.88. The van der Waals surface area contributed by atoms with Crippen molar-refractivity contribution in [1.29, 1.82) is 0 Å². The van der Waals surface area contributed by atoms with Gasteiger partial charge < -0.3 is 9.84 Å². The van der Waals surface area contributed by atoms with Crippen LogP contribution >= 0.6 is 0 Å². The number of allylic oxidation sites excluding steroid dienone is 2. The third kappa shape index (κ3) is 3.15. The predicted molar refractivity (Wildman–Crippen MR) is 79.5 cm³/mol. The van der Waals surface area contributed by atoms with Crippen LogP contribution in [0, 0.1) is 0 Å². The first-order valence-corrected chi connectivity index (χ1v) is 7.22. The summed E-state index contributed by atoms with van der Waals surface area (Å²) in [6.07, 6.45) is 1.78. The number of ether oxygens (including phenoxy) is 1. The second-order valence-electron chi connectivity index (χ2n) is 5.22. The van der Waals surface area contributed by atoms with Gasteiger partial charge in [-0.25, -0.2) is 0 Å². The molecule has 1 aromatic carbocycles. The summed E-state index contributed by atoms with van der Waals surface area (Å²) in [6, 6.07) is 7.34. The van der Waals surface area contributed by atoms with E-state index in [1.165, 1.54) is 0 Å². The van der Waals surface area contributed by atoms with Gasteiger partial charge in [-0.3, -0.25) is 9.59 Å². The molecular weight excluding hydrogens is 268 g/mol. The Hall–Kier alpha value is -2.10. The number of hydrogen-bond donors (Lipinski definition) is 1. The lowest BCUT2D eigenvalue weighted by Crippen LogP contribution is -2.23. The van der Waals surface area contributed by atoms with Gasteiger partial charge in [-0.05, 0) is 30.5 Å². The van der Waals surface area contributed by atoms with Gasteiger partial charge in [-0.1, -0.05) is 19.1 Å². The van der Waals surface area contributed by atoms with Gasteiger partial charge in [0, 0.05) is 18.8 Å². The van der Waals surface area contributed by atoms with E-state index >= 15 is 0 Å². The maximum atomic E-state index is 12.0. The zero-order chi connectivity index (χ0) is 15.4. The number of ketones is 2. The van der Waals surface area contributed by atoms with E-state index in [9.17, 15) is 14.7 Å². The van der Waals surface area contributed by atoms with E-state index in [2.05, 4.69) is 0 Å². The van der Waals surface area contributed by atoms with E-state index in [1.807, 2.05) is 31.2 Å². The molecule has 4 heteroatoms. The molecule has 21 heavy (non-hydrogen) atoms. The van der Waals surface area contributed by atoms with E-state index in [-0.39, 0.29) is 28.8 Å². The average Bonchev–Trinajstić information content (AvgIpc) is 2.48. The lowest BCUT2D eigenvalue weighted by atomic mass is 9.81. The first-order valence-electron chi connectivity index (χ1n) is 7.22. The highest BCUT2D eigenvalue weighted by Gasteiger charge is 2.32. The fourth-order valence-corrected chi connectivity index (χ4v) is 2.67. The molecule has 0 aromatic heterocycles. The highest BCUT2D eigenvalue weighted by molar-refractivity contribution is 6.21. The molecule has 0 spiro atoms. The lowest BCUT2D eigenvalue weighted by Gasteiger charge is -2.24. The summed E-state index contributed by atoms with van der Waals surface area (Å²) >= 11 is 0. The molecule has 0 radical (unpaired) electrons. The van der Waals surface area contributed by atoms with Crippen LogP contribution in [0.4, 0.5) is 0 Å².